The lowest BCUT2D eigenvalue weighted by atomic mass is 10.1. The van der Waals surface area contributed by atoms with Crippen LogP contribution in [0.25, 0.3) is 0 Å². The van der Waals surface area contributed by atoms with Gasteiger partial charge in [0, 0.05) is 22.9 Å². The molecule has 1 atom stereocenters. The van der Waals surface area contributed by atoms with Crippen molar-refractivity contribution in [1.82, 2.24) is 20.3 Å². The smallest absolute Gasteiger partial charge is 0.422 e. The molecule has 0 aliphatic heterocycles. The van der Waals surface area contributed by atoms with Crippen LogP contribution >= 0.6 is 11.6 Å². The van der Waals surface area contributed by atoms with Crippen LogP contribution in [0.3, 0.4) is 0 Å². The highest BCUT2D eigenvalue weighted by atomic mass is 35.5. The lowest BCUT2D eigenvalue weighted by molar-refractivity contribution is -0.154. The van der Waals surface area contributed by atoms with Crippen molar-refractivity contribution in [2.45, 2.75) is 63.4 Å². The van der Waals surface area contributed by atoms with Crippen molar-refractivity contribution in [3.05, 3.63) is 59.1 Å². The van der Waals surface area contributed by atoms with Crippen molar-refractivity contribution >= 4 is 46.9 Å². The molecule has 242 valence electrons. The molecule has 45 heavy (non-hydrogen) atoms. The van der Waals surface area contributed by atoms with Gasteiger partial charge in [-0.2, -0.15) is 28.1 Å². The Balaban J connectivity index is 1.40. The first-order valence-corrected chi connectivity index (χ1v) is 14.3. The van der Waals surface area contributed by atoms with E-state index in [0.29, 0.717) is 16.4 Å². The van der Waals surface area contributed by atoms with Gasteiger partial charge in [-0.25, -0.2) is 9.59 Å². The maximum Gasteiger partial charge on any atom is 0.422 e. The molecular formula is C29H33ClF3N7O5. The summed E-state index contributed by atoms with van der Waals surface area (Å²) < 4.78 is 48.5. The summed E-state index contributed by atoms with van der Waals surface area (Å²) in [7, 11) is 0. The van der Waals surface area contributed by atoms with Gasteiger partial charge in [-0.05, 0) is 82.0 Å². The third-order valence-corrected chi connectivity index (χ3v) is 6.62. The molecule has 1 saturated carbocycles. The highest BCUT2D eigenvalue weighted by Gasteiger charge is 2.45. The SMILES string of the molecule is CC(C)(C)OC(=O)N[C@H](CCNc1ccc(Nc2nc(NC3(c4ccc(Cl)cc4)CC3)nc(OCC(F)(F)F)n2)cc1)C(=O)O. The van der Waals surface area contributed by atoms with Crippen LogP contribution in [-0.4, -0.2) is 63.1 Å². The van der Waals surface area contributed by atoms with E-state index in [1.807, 2.05) is 12.1 Å². The van der Waals surface area contributed by atoms with Gasteiger partial charge in [-0.3, -0.25) is 0 Å². The average molecular weight is 652 g/mol. The van der Waals surface area contributed by atoms with Gasteiger partial charge in [0.05, 0.1) is 5.54 Å². The molecule has 1 aromatic heterocycles. The number of benzene rings is 2. The zero-order valence-electron chi connectivity index (χ0n) is 24.7. The van der Waals surface area contributed by atoms with Gasteiger partial charge in [-0.15, -0.1) is 0 Å². The van der Waals surface area contributed by atoms with Crippen LogP contribution in [0.5, 0.6) is 6.01 Å². The Morgan fingerprint density at radius 3 is 2.18 bits per heavy atom. The number of aromatic nitrogens is 3. The van der Waals surface area contributed by atoms with Crippen LogP contribution < -0.4 is 26.0 Å². The number of aliphatic carboxylic acids is 1. The Labute approximate surface area is 262 Å². The molecule has 16 heteroatoms. The number of hydrogen-bond donors (Lipinski definition) is 5. The summed E-state index contributed by atoms with van der Waals surface area (Å²) >= 11 is 6.01. The van der Waals surface area contributed by atoms with Gasteiger partial charge < -0.3 is 35.8 Å². The third-order valence-electron chi connectivity index (χ3n) is 6.37. The Morgan fingerprint density at radius 1 is 0.978 bits per heavy atom. The van der Waals surface area contributed by atoms with Gasteiger partial charge in [0.2, 0.25) is 11.9 Å². The number of alkyl carbamates (subject to hydrolysis) is 1. The second kappa shape index (κ2) is 13.6. The van der Waals surface area contributed by atoms with E-state index in [4.69, 9.17) is 21.1 Å². The summed E-state index contributed by atoms with van der Waals surface area (Å²) in [6.07, 6.45) is -3.84. The molecule has 0 unspecified atom stereocenters. The monoisotopic (exact) mass is 651 g/mol. The van der Waals surface area contributed by atoms with Crippen LogP contribution in [-0.2, 0) is 15.1 Å². The van der Waals surface area contributed by atoms with Crippen molar-refractivity contribution in [3.63, 3.8) is 0 Å². The molecule has 12 nitrogen and oxygen atoms in total. The normalized spacial score (nSPS) is 14.6. The molecule has 1 amide bonds. The predicted molar refractivity (Wildman–Crippen MR) is 161 cm³/mol. The van der Waals surface area contributed by atoms with Crippen LogP contribution in [0.1, 0.15) is 45.6 Å². The second-order valence-corrected chi connectivity index (χ2v) is 11.8. The largest absolute Gasteiger partial charge is 0.480 e. The summed E-state index contributed by atoms with van der Waals surface area (Å²) in [5.74, 6) is -1.22. The maximum atomic E-state index is 12.9. The minimum atomic E-state index is -4.59. The van der Waals surface area contributed by atoms with Gasteiger partial charge in [0.25, 0.3) is 0 Å². The lowest BCUT2D eigenvalue weighted by Gasteiger charge is -2.22. The van der Waals surface area contributed by atoms with Crippen molar-refractivity contribution in [1.29, 1.82) is 0 Å². The summed E-state index contributed by atoms with van der Waals surface area (Å²) in [6, 6.07) is 12.3. The number of nitrogens with one attached hydrogen (secondary N) is 4. The second-order valence-electron chi connectivity index (χ2n) is 11.3. The van der Waals surface area contributed by atoms with Gasteiger partial charge in [0.15, 0.2) is 6.61 Å². The average Bonchev–Trinajstić information content (AvgIpc) is 3.71. The van der Waals surface area contributed by atoms with Gasteiger partial charge >= 0.3 is 24.2 Å². The number of halogens is 4. The standard InChI is InChI=1S/C29H33ClF3N7O5/c1-27(2,3)45-26(43)36-21(22(41)42)12-15-34-19-8-10-20(11-9-19)35-23-37-24(39-25(38-23)44-16-29(31,32)33)40-28(13-14-28)17-4-6-18(30)7-5-17/h4-11,21,34H,12-16H2,1-3H3,(H,36,43)(H,41,42)(H2,35,37,38,39,40)/t21-/m1/s1. The van der Waals surface area contributed by atoms with E-state index in [0.717, 1.165) is 18.4 Å². The number of rotatable bonds is 13. The molecule has 5 N–H and O–H groups in total. The zero-order chi connectivity index (χ0) is 32.8. The molecule has 1 aliphatic carbocycles. The number of anilines is 4. The lowest BCUT2D eigenvalue weighted by Crippen LogP contribution is -2.44. The fourth-order valence-corrected chi connectivity index (χ4v) is 4.27. The zero-order valence-corrected chi connectivity index (χ0v) is 25.4. The summed E-state index contributed by atoms with van der Waals surface area (Å²) in [5, 5.41) is 21.6. The first-order valence-electron chi connectivity index (χ1n) is 13.9. The Morgan fingerprint density at radius 2 is 1.60 bits per heavy atom. The van der Waals surface area contributed by atoms with Crippen molar-refractivity contribution < 1.29 is 37.3 Å². The summed E-state index contributed by atoms with van der Waals surface area (Å²) in [5.41, 5.74) is 0.814. The summed E-state index contributed by atoms with van der Waals surface area (Å²) in [4.78, 5) is 35.9. The predicted octanol–water partition coefficient (Wildman–Crippen LogP) is 6.09. The molecule has 3 aromatic rings. The fourth-order valence-electron chi connectivity index (χ4n) is 4.14. The highest BCUT2D eigenvalue weighted by molar-refractivity contribution is 6.30. The van der Waals surface area contributed by atoms with Crippen LogP contribution in [0, 0.1) is 0 Å². The van der Waals surface area contributed by atoms with Crippen molar-refractivity contribution in [2.75, 3.05) is 29.1 Å². The van der Waals surface area contributed by atoms with Crippen molar-refractivity contribution in [2.24, 2.45) is 0 Å². The highest BCUT2D eigenvalue weighted by Crippen LogP contribution is 2.48. The van der Waals surface area contributed by atoms with Crippen molar-refractivity contribution in [3.8, 4) is 6.01 Å². The number of carboxylic acids is 1. The maximum absolute atomic E-state index is 12.9. The molecule has 4 rings (SSSR count). The molecular weight excluding hydrogens is 619 g/mol. The van der Waals surface area contributed by atoms with Crippen LogP contribution in [0.2, 0.25) is 5.02 Å². The van der Waals surface area contributed by atoms with E-state index in [1.165, 1.54) is 0 Å². The molecule has 1 heterocycles. The topological polar surface area (TPSA) is 160 Å². The molecule has 0 saturated heterocycles. The number of nitrogens with zero attached hydrogens (tertiary/aromatic N) is 3. The minimum absolute atomic E-state index is 0.0309. The number of carbonyl (C=O) groups excluding carboxylic acids is 1. The number of amides is 1. The van der Waals surface area contributed by atoms with Crippen LogP contribution in [0.15, 0.2) is 48.5 Å². The molecule has 0 radical (unpaired) electrons. The Kier molecular flexibility index (Phi) is 10.1. The molecule has 2 aromatic carbocycles. The first-order chi connectivity index (χ1) is 21.1. The van der Waals surface area contributed by atoms with E-state index >= 15 is 0 Å². The van der Waals surface area contributed by atoms with Crippen LogP contribution in [0.4, 0.5) is 41.2 Å². The fraction of sp³-hybridized carbons (Fsp3) is 0.414. The number of carbonyl (C=O) groups is 2. The molecule has 1 aliphatic rings. The number of ether oxygens (including phenoxy) is 2. The van der Waals surface area contributed by atoms with E-state index in [9.17, 15) is 27.9 Å². The first kappa shape index (κ1) is 33.4. The third kappa shape index (κ3) is 10.6. The Bertz CT molecular complexity index is 1480. The number of hydrogen-bond acceptors (Lipinski definition) is 10. The van der Waals surface area contributed by atoms with Gasteiger partial charge in [-0.1, -0.05) is 23.7 Å². The minimum Gasteiger partial charge on any atom is -0.480 e. The molecule has 1 fully saturated rings. The van der Waals surface area contributed by atoms with E-state index in [-0.39, 0.29) is 24.9 Å². The molecule has 0 bridgehead atoms. The van der Waals surface area contributed by atoms with E-state index in [1.54, 1.807) is 57.2 Å². The number of carboxylic acid groups (broad SMARTS) is 1. The Hall–Kier alpha value is -4.53. The quantitative estimate of drug-likeness (QED) is 0.145. The summed E-state index contributed by atoms with van der Waals surface area (Å²) in [6.45, 7) is 3.66. The van der Waals surface area contributed by atoms with E-state index in [2.05, 4.69) is 36.2 Å². The number of alkyl halides is 3. The van der Waals surface area contributed by atoms with Gasteiger partial charge in [0.1, 0.15) is 11.6 Å². The van der Waals surface area contributed by atoms with E-state index < -0.39 is 48.0 Å². The molecule has 0 spiro atoms.